The molecule has 2 saturated heterocycles. The van der Waals surface area contributed by atoms with E-state index in [0.717, 1.165) is 43.0 Å². The number of nitrogens with zero attached hydrogens (tertiary/aromatic N) is 3. The first-order valence-corrected chi connectivity index (χ1v) is 11.7. The molecule has 4 rings (SSSR count). The molecule has 2 aromatic rings. The second-order valence-electron chi connectivity index (χ2n) is 9.59. The SMILES string of the molecule is CCc1ccc(N2CC(Oc3cc([C@@H]4CN(C=O)C[C@@]4(C)C(C)O)ccc3OC)C2)nc1C. The Morgan fingerprint density at radius 1 is 1.24 bits per heavy atom. The Bertz CT molecular complexity index is 1010. The highest BCUT2D eigenvalue weighted by atomic mass is 16.5. The maximum atomic E-state index is 11.4. The lowest BCUT2D eigenvalue weighted by Crippen LogP contribution is -2.54. The van der Waals surface area contributed by atoms with Gasteiger partial charge < -0.3 is 24.4 Å². The second-order valence-corrected chi connectivity index (χ2v) is 9.59. The third-order valence-electron chi connectivity index (χ3n) is 7.48. The van der Waals surface area contributed by atoms with Crippen molar-refractivity contribution in [1.82, 2.24) is 9.88 Å². The second kappa shape index (κ2) is 9.21. The lowest BCUT2D eigenvalue weighted by atomic mass is 9.72. The van der Waals surface area contributed by atoms with Gasteiger partial charge in [0.1, 0.15) is 11.9 Å². The first kappa shape index (κ1) is 23.4. The van der Waals surface area contributed by atoms with Gasteiger partial charge in [0, 0.05) is 30.1 Å². The van der Waals surface area contributed by atoms with Crippen LogP contribution in [0.1, 0.15) is 43.5 Å². The lowest BCUT2D eigenvalue weighted by Gasteiger charge is -2.40. The van der Waals surface area contributed by atoms with Crippen LogP contribution in [0.15, 0.2) is 30.3 Å². The van der Waals surface area contributed by atoms with E-state index in [9.17, 15) is 9.90 Å². The molecule has 3 atom stereocenters. The smallest absolute Gasteiger partial charge is 0.209 e. The lowest BCUT2D eigenvalue weighted by molar-refractivity contribution is -0.117. The molecule has 7 heteroatoms. The number of hydrogen-bond donors (Lipinski definition) is 1. The van der Waals surface area contributed by atoms with Crippen LogP contribution in [0, 0.1) is 12.3 Å². The van der Waals surface area contributed by atoms with Crippen LogP contribution in [0.2, 0.25) is 0 Å². The maximum absolute atomic E-state index is 11.4. The van der Waals surface area contributed by atoms with E-state index in [2.05, 4.69) is 30.9 Å². The monoisotopic (exact) mass is 453 g/mol. The van der Waals surface area contributed by atoms with E-state index in [4.69, 9.17) is 14.5 Å². The van der Waals surface area contributed by atoms with Crippen molar-refractivity contribution in [2.75, 3.05) is 38.2 Å². The summed E-state index contributed by atoms with van der Waals surface area (Å²) in [5.41, 5.74) is 2.98. The van der Waals surface area contributed by atoms with E-state index in [1.54, 1.807) is 18.9 Å². The number of ether oxygens (including phenoxy) is 2. The quantitative estimate of drug-likeness (QED) is 0.619. The number of pyridine rings is 1. The number of aliphatic hydroxyl groups excluding tert-OH is 1. The van der Waals surface area contributed by atoms with E-state index >= 15 is 0 Å². The van der Waals surface area contributed by atoms with E-state index < -0.39 is 11.5 Å². The summed E-state index contributed by atoms with van der Waals surface area (Å²) in [6.45, 7) is 10.7. The van der Waals surface area contributed by atoms with Gasteiger partial charge in [-0.05, 0) is 49.6 Å². The van der Waals surface area contributed by atoms with Crippen molar-refractivity contribution in [3.8, 4) is 11.5 Å². The number of anilines is 1. The summed E-state index contributed by atoms with van der Waals surface area (Å²) in [4.78, 5) is 20.2. The van der Waals surface area contributed by atoms with Gasteiger partial charge in [-0.3, -0.25) is 4.79 Å². The van der Waals surface area contributed by atoms with Crippen LogP contribution in [0.25, 0.3) is 0 Å². The average Bonchev–Trinajstić information content (AvgIpc) is 3.14. The Labute approximate surface area is 196 Å². The van der Waals surface area contributed by atoms with Gasteiger partial charge in [-0.2, -0.15) is 0 Å². The third kappa shape index (κ3) is 4.38. The summed E-state index contributed by atoms with van der Waals surface area (Å²) >= 11 is 0. The van der Waals surface area contributed by atoms with Gasteiger partial charge in [0.25, 0.3) is 0 Å². The average molecular weight is 454 g/mol. The number of methoxy groups -OCH3 is 1. The minimum absolute atomic E-state index is 0.0121. The van der Waals surface area contributed by atoms with Gasteiger partial charge >= 0.3 is 0 Å². The summed E-state index contributed by atoms with van der Waals surface area (Å²) in [5, 5.41) is 10.5. The molecule has 2 aliphatic heterocycles. The number of carbonyl (C=O) groups is 1. The van der Waals surface area contributed by atoms with Crippen LogP contribution in [0.3, 0.4) is 0 Å². The molecule has 1 amide bonds. The third-order valence-corrected chi connectivity index (χ3v) is 7.48. The number of aromatic nitrogens is 1. The molecular weight excluding hydrogens is 418 g/mol. The molecular formula is C26H35N3O4. The Morgan fingerprint density at radius 2 is 2.00 bits per heavy atom. The topological polar surface area (TPSA) is 75.1 Å². The molecule has 178 valence electrons. The molecule has 0 radical (unpaired) electrons. The molecule has 1 aromatic carbocycles. The summed E-state index contributed by atoms with van der Waals surface area (Å²) in [6.07, 6.45) is 1.35. The van der Waals surface area contributed by atoms with E-state index in [-0.39, 0.29) is 12.0 Å². The van der Waals surface area contributed by atoms with Crippen molar-refractivity contribution < 1.29 is 19.4 Å². The van der Waals surface area contributed by atoms with E-state index in [1.807, 2.05) is 25.1 Å². The standard InChI is InChI=1S/C26H35N3O4/c1-6-19-8-10-25(27-17(19)2)29-12-21(13-29)33-24-11-20(7-9-23(24)32-5)22-14-28(16-30)15-26(22,4)18(3)31/h7-11,16,18,21-22,31H,6,12-15H2,1-5H3/t18?,22-,26-/m0/s1. The molecule has 1 N–H and O–H groups in total. The molecule has 3 heterocycles. The number of amides is 1. The van der Waals surface area contributed by atoms with Gasteiger partial charge in [0.05, 0.1) is 26.3 Å². The molecule has 0 saturated carbocycles. The van der Waals surface area contributed by atoms with E-state index in [1.165, 1.54) is 5.56 Å². The highest BCUT2D eigenvalue weighted by molar-refractivity contribution is 5.51. The molecule has 2 fully saturated rings. The molecule has 33 heavy (non-hydrogen) atoms. The number of likely N-dealkylation sites (tertiary alicyclic amines) is 1. The number of rotatable bonds is 8. The molecule has 7 nitrogen and oxygen atoms in total. The number of aryl methyl sites for hydroxylation is 2. The Hall–Kier alpha value is -2.80. The van der Waals surface area contributed by atoms with Crippen LogP contribution in [0.4, 0.5) is 5.82 Å². The highest BCUT2D eigenvalue weighted by Gasteiger charge is 2.47. The van der Waals surface area contributed by atoms with Crippen molar-refractivity contribution in [1.29, 1.82) is 0 Å². The van der Waals surface area contributed by atoms with Crippen molar-refractivity contribution in [2.45, 2.75) is 52.2 Å². The molecule has 2 aliphatic rings. The maximum Gasteiger partial charge on any atom is 0.209 e. The molecule has 0 bridgehead atoms. The van der Waals surface area contributed by atoms with Gasteiger partial charge in [-0.1, -0.05) is 26.0 Å². The summed E-state index contributed by atoms with van der Waals surface area (Å²) < 4.78 is 11.9. The highest BCUT2D eigenvalue weighted by Crippen LogP contribution is 2.46. The number of hydrogen-bond acceptors (Lipinski definition) is 6. The first-order chi connectivity index (χ1) is 15.8. The van der Waals surface area contributed by atoms with Crippen LogP contribution < -0.4 is 14.4 Å². The molecule has 0 spiro atoms. The Balaban J connectivity index is 1.49. The minimum Gasteiger partial charge on any atom is -0.493 e. The normalized spacial score (nSPS) is 23.9. The minimum atomic E-state index is -0.547. The van der Waals surface area contributed by atoms with Crippen LogP contribution >= 0.6 is 0 Å². The number of aliphatic hydroxyl groups is 1. The van der Waals surface area contributed by atoms with Crippen LogP contribution in [-0.2, 0) is 11.2 Å². The molecule has 0 aliphatic carbocycles. The van der Waals surface area contributed by atoms with Gasteiger partial charge in [-0.25, -0.2) is 4.98 Å². The predicted octanol–water partition coefficient (Wildman–Crippen LogP) is 3.17. The summed E-state index contributed by atoms with van der Waals surface area (Å²) in [7, 11) is 1.64. The summed E-state index contributed by atoms with van der Waals surface area (Å²) in [5.74, 6) is 2.38. The fraction of sp³-hybridized carbons (Fsp3) is 0.538. The van der Waals surface area contributed by atoms with Crippen LogP contribution in [0.5, 0.6) is 11.5 Å². The molecule has 1 unspecified atom stereocenters. The predicted molar refractivity (Wildman–Crippen MR) is 128 cm³/mol. The van der Waals surface area contributed by atoms with Crippen LogP contribution in [-0.4, -0.2) is 66.9 Å². The zero-order chi connectivity index (χ0) is 23.8. The first-order valence-electron chi connectivity index (χ1n) is 11.7. The van der Waals surface area contributed by atoms with Crippen molar-refractivity contribution >= 4 is 12.2 Å². The van der Waals surface area contributed by atoms with Gasteiger partial charge in [-0.15, -0.1) is 0 Å². The largest absolute Gasteiger partial charge is 0.493 e. The zero-order valence-corrected chi connectivity index (χ0v) is 20.2. The Morgan fingerprint density at radius 3 is 2.61 bits per heavy atom. The van der Waals surface area contributed by atoms with E-state index in [0.29, 0.717) is 24.6 Å². The van der Waals surface area contributed by atoms with Crippen molar-refractivity contribution in [3.63, 3.8) is 0 Å². The number of benzene rings is 1. The molecule has 1 aromatic heterocycles. The Kier molecular flexibility index (Phi) is 6.52. The fourth-order valence-corrected chi connectivity index (χ4v) is 5.05. The number of carbonyl (C=O) groups excluding carboxylic acids is 1. The van der Waals surface area contributed by atoms with Crippen molar-refractivity contribution in [3.05, 3.63) is 47.2 Å². The zero-order valence-electron chi connectivity index (χ0n) is 20.2. The summed E-state index contributed by atoms with van der Waals surface area (Å²) in [6, 6.07) is 10.2. The van der Waals surface area contributed by atoms with Gasteiger partial charge in [0.2, 0.25) is 6.41 Å². The van der Waals surface area contributed by atoms with Gasteiger partial charge in [0.15, 0.2) is 11.5 Å². The van der Waals surface area contributed by atoms with Crippen molar-refractivity contribution in [2.24, 2.45) is 5.41 Å². The fourth-order valence-electron chi connectivity index (χ4n) is 5.05.